The molecule has 9 heavy (non-hydrogen) atoms. The summed E-state index contributed by atoms with van der Waals surface area (Å²) in [6, 6.07) is -1.37. The van der Waals surface area contributed by atoms with E-state index in [1.165, 1.54) is 0 Å². The number of hydrogen-bond donors (Lipinski definition) is 2. The predicted molar refractivity (Wildman–Crippen MR) is 30.8 cm³/mol. The monoisotopic (exact) mass is 135 g/mol. The molecule has 3 N–H and O–H groups in total. The van der Waals surface area contributed by atoms with Gasteiger partial charge in [0.05, 0.1) is 0 Å². The van der Waals surface area contributed by atoms with Crippen molar-refractivity contribution >= 4 is 5.97 Å². The number of nitrogens with two attached hydrogens (primary N) is 1. The lowest BCUT2D eigenvalue weighted by Gasteiger charge is -2.08. The number of carboxylic acids is 1. The molecule has 0 aliphatic heterocycles. The number of carboxylic acid groups (broad SMARTS) is 1. The van der Waals surface area contributed by atoms with Crippen molar-refractivity contribution in [2.75, 3.05) is 0 Å². The summed E-state index contributed by atoms with van der Waals surface area (Å²) in [7, 11) is 0. The molecule has 0 rings (SSSR count). The molecule has 0 aliphatic rings. The fourth-order valence-corrected chi connectivity index (χ4v) is 0.409. The van der Waals surface area contributed by atoms with Crippen molar-refractivity contribution in [3.63, 3.8) is 0 Å². The molecule has 0 bridgehead atoms. The van der Waals surface area contributed by atoms with Crippen molar-refractivity contribution in [1.82, 2.24) is 0 Å². The fourth-order valence-electron chi connectivity index (χ4n) is 0.409. The van der Waals surface area contributed by atoms with Crippen molar-refractivity contribution in [1.29, 1.82) is 0 Å². The highest BCUT2D eigenvalue weighted by Gasteiger charge is 2.21. The SMILES string of the molecule is CC[C@@H](F)[C@@H](N)C(=O)O. The average Bonchev–Trinajstić information content (AvgIpc) is 1.84. The van der Waals surface area contributed by atoms with Gasteiger partial charge in [-0.05, 0) is 6.42 Å². The molecule has 0 saturated heterocycles. The van der Waals surface area contributed by atoms with E-state index in [-0.39, 0.29) is 6.42 Å². The van der Waals surface area contributed by atoms with Gasteiger partial charge in [-0.1, -0.05) is 6.92 Å². The molecule has 0 aromatic carbocycles. The Bertz CT molecular complexity index is 107. The Hall–Kier alpha value is -0.640. The van der Waals surface area contributed by atoms with Gasteiger partial charge in [0.15, 0.2) is 0 Å². The van der Waals surface area contributed by atoms with Crippen LogP contribution in [0.3, 0.4) is 0 Å². The van der Waals surface area contributed by atoms with Crippen LogP contribution in [-0.2, 0) is 4.79 Å². The summed E-state index contributed by atoms with van der Waals surface area (Å²) < 4.78 is 12.3. The average molecular weight is 135 g/mol. The second kappa shape index (κ2) is 3.40. The second-order valence-electron chi connectivity index (χ2n) is 1.79. The molecule has 0 heterocycles. The molecule has 54 valence electrons. The summed E-state index contributed by atoms with van der Waals surface area (Å²) in [5, 5.41) is 8.12. The van der Waals surface area contributed by atoms with E-state index in [2.05, 4.69) is 0 Å². The van der Waals surface area contributed by atoms with Gasteiger partial charge in [0.25, 0.3) is 0 Å². The van der Waals surface area contributed by atoms with Gasteiger partial charge in [-0.2, -0.15) is 0 Å². The highest BCUT2D eigenvalue weighted by Crippen LogP contribution is 2.00. The first-order valence-electron chi connectivity index (χ1n) is 2.72. The van der Waals surface area contributed by atoms with E-state index in [4.69, 9.17) is 10.8 Å². The summed E-state index contributed by atoms with van der Waals surface area (Å²) in [6.07, 6.45) is -1.28. The normalized spacial score (nSPS) is 16.8. The molecule has 0 saturated carbocycles. The maximum absolute atomic E-state index is 12.3. The van der Waals surface area contributed by atoms with Crippen LogP contribution in [0.15, 0.2) is 0 Å². The molecule has 0 fully saturated rings. The molecular formula is C5H10FNO2. The smallest absolute Gasteiger partial charge is 0.323 e. The molecular weight excluding hydrogens is 125 g/mol. The van der Waals surface area contributed by atoms with Crippen LogP contribution in [0.4, 0.5) is 4.39 Å². The maximum Gasteiger partial charge on any atom is 0.323 e. The number of halogens is 1. The summed E-state index contributed by atoms with van der Waals surface area (Å²) >= 11 is 0. The molecule has 0 radical (unpaired) electrons. The third-order valence-corrected chi connectivity index (χ3v) is 1.06. The van der Waals surface area contributed by atoms with E-state index >= 15 is 0 Å². The van der Waals surface area contributed by atoms with Crippen molar-refractivity contribution in [3.05, 3.63) is 0 Å². The Morgan fingerprint density at radius 2 is 2.33 bits per heavy atom. The number of aliphatic carboxylic acids is 1. The first-order chi connectivity index (χ1) is 4.09. The van der Waals surface area contributed by atoms with Crippen LogP contribution in [0.25, 0.3) is 0 Å². The number of alkyl halides is 1. The first kappa shape index (κ1) is 8.36. The predicted octanol–water partition coefficient (Wildman–Crippen LogP) is 0.146. The Morgan fingerprint density at radius 1 is 1.89 bits per heavy atom. The summed E-state index contributed by atoms with van der Waals surface area (Å²) in [5.74, 6) is -1.29. The van der Waals surface area contributed by atoms with Gasteiger partial charge >= 0.3 is 5.97 Å². The molecule has 0 unspecified atom stereocenters. The van der Waals surface area contributed by atoms with Crippen LogP contribution in [0.2, 0.25) is 0 Å². The van der Waals surface area contributed by atoms with Gasteiger partial charge in [-0.25, -0.2) is 4.39 Å². The zero-order chi connectivity index (χ0) is 7.44. The standard InChI is InChI=1S/C5H10FNO2/c1-2-3(6)4(7)5(8)9/h3-4H,2,7H2,1H3,(H,8,9)/t3-,4-/m1/s1. The summed E-state index contributed by atoms with van der Waals surface area (Å²) in [4.78, 5) is 9.93. The molecule has 0 aliphatic carbocycles. The maximum atomic E-state index is 12.3. The van der Waals surface area contributed by atoms with E-state index < -0.39 is 18.2 Å². The van der Waals surface area contributed by atoms with Crippen LogP contribution in [0.5, 0.6) is 0 Å². The molecule has 3 nitrogen and oxygen atoms in total. The van der Waals surface area contributed by atoms with Gasteiger partial charge < -0.3 is 10.8 Å². The van der Waals surface area contributed by atoms with Crippen LogP contribution in [0.1, 0.15) is 13.3 Å². The molecule has 0 amide bonds. The highest BCUT2D eigenvalue weighted by molar-refractivity contribution is 5.73. The van der Waals surface area contributed by atoms with E-state index in [1.807, 2.05) is 0 Å². The Kier molecular flexibility index (Phi) is 3.16. The van der Waals surface area contributed by atoms with Crippen LogP contribution >= 0.6 is 0 Å². The minimum absolute atomic E-state index is 0.146. The molecule has 4 heteroatoms. The molecule has 0 spiro atoms. The largest absolute Gasteiger partial charge is 0.480 e. The first-order valence-corrected chi connectivity index (χ1v) is 2.72. The van der Waals surface area contributed by atoms with Gasteiger partial charge in [-0.15, -0.1) is 0 Å². The zero-order valence-corrected chi connectivity index (χ0v) is 5.17. The Balaban J connectivity index is 3.72. The number of carbonyl (C=O) groups is 1. The summed E-state index contributed by atoms with van der Waals surface area (Å²) in [5.41, 5.74) is 4.90. The van der Waals surface area contributed by atoms with E-state index in [0.717, 1.165) is 0 Å². The lowest BCUT2D eigenvalue weighted by molar-refractivity contribution is -0.140. The minimum Gasteiger partial charge on any atom is -0.480 e. The Morgan fingerprint density at radius 3 is 2.44 bits per heavy atom. The van der Waals surface area contributed by atoms with Crippen molar-refractivity contribution in [2.24, 2.45) is 5.73 Å². The quantitative estimate of drug-likeness (QED) is 0.578. The van der Waals surface area contributed by atoms with Gasteiger partial charge in [-0.3, -0.25) is 4.79 Å². The lowest BCUT2D eigenvalue weighted by atomic mass is 10.1. The summed E-state index contributed by atoms with van der Waals surface area (Å²) in [6.45, 7) is 1.55. The van der Waals surface area contributed by atoms with Crippen LogP contribution in [0, 0.1) is 0 Å². The van der Waals surface area contributed by atoms with Crippen molar-refractivity contribution in [2.45, 2.75) is 25.6 Å². The van der Waals surface area contributed by atoms with Crippen molar-refractivity contribution < 1.29 is 14.3 Å². The van der Waals surface area contributed by atoms with Crippen molar-refractivity contribution in [3.8, 4) is 0 Å². The second-order valence-corrected chi connectivity index (χ2v) is 1.79. The molecule has 0 aromatic heterocycles. The topological polar surface area (TPSA) is 63.3 Å². The van der Waals surface area contributed by atoms with Gasteiger partial charge in [0, 0.05) is 0 Å². The number of rotatable bonds is 3. The molecule has 2 atom stereocenters. The highest BCUT2D eigenvalue weighted by atomic mass is 19.1. The molecule has 0 aromatic rings. The fraction of sp³-hybridized carbons (Fsp3) is 0.800. The van der Waals surface area contributed by atoms with E-state index in [9.17, 15) is 9.18 Å². The van der Waals surface area contributed by atoms with Gasteiger partial charge in [0.2, 0.25) is 0 Å². The third-order valence-electron chi connectivity index (χ3n) is 1.06. The van der Waals surface area contributed by atoms with Crippen LogP contribution < -0.4 is 5.73 Å². The number of hydrogen-bond acceptors (Lipinski definition) is 2. The minimum atomic E-state index is -1.43. The van der Waals surface area contributed by atoms with E-state index in [0.29, 0.717) is 0 Å². The van der Waals surface area contributed by atoms with Crippen LogP contribution in [-0.4, -0.2) is 23.3 Å². The lowest BCUT2D eigenvalue weighted by Crippen LogP contribution is -2.38. The third kappa shape index (κ3) is 2.41. The van der Waals surface area contributed by atoms with Gasteiger partial charge in [0.1, 0.15) is 12.2 Å². The van der Waals surface area contributed by atoms with E-state index in [1.54, 1.807) is 6.92 Å². The zero-order valence-electron chi connectivity index (χ0n) is 5.17. The Labute approximate surface area is 52.7 Å².